The lowest BCUT2D eigenvalue weighted by Gasteiger charge is -2.16. The van der Waals surface area contributed by atoms with Gasteiger partial charge in [-0.25, -0.2) is 0 Å². The van der Waals surface area contributed by atoms with E-state index in [-0.39, 0.29) is 18.2 Å². The third kappa shape index (κ3) is 6.05. The van der Waals surface area contributed by atoms with Crippen LogP contribution in [0, 0.1) is 0 Å². The van der Waals surface area contributed by atoms with Crippen LogP contribution in [-0.4, -0.2) is 37.3 Å². The van der Waals surface area contributed by atoms with E-state index in [1.54, 1.807) is 19.1 Å². The zero-order valence-corrected chi connectivity index (χ0v) is 18.7. The molecule has 0 radical (unpaired) electrons. The van der Waals surface area contributed by atoms with Gasteiger partial charge >= 0.3 is 0 Å². The molecule has 5 heteroatoms. The van der Waals surface area contributed by atoms with E-state index in [0.29, 0.717) is 13.0 Å². The van der Waals surface area contributed by atoms with E-state index in [1.165, 1.54) is 0 Å². The van der Waals surface area contributed by atoms with Gasteiger partial charge in [-0.2, -0.15) is 0 Å². The Bertz CT molecular complexity index is 1060. The lowest BCUT2D eigenvalue weighted by Crippen LogP contribution is -2.32. The predicted octanol–water partition coefficient (Wildman–Crippen LogP) is 4.48. The number of hydrogen-bond acceptors (Lipinski definition) is 4. The average molecular weight is 431 g/mol. The molecule has 0 heterocycles. The number of aryl methyl sites for hydroxylation is 1. The minimum atomic E-state index is -0.0935. The number of Topliss-reactive ketones (excluding diaryl/α,β-unsaturated/α-hetero) is 1. The molecular weight excluding hydrogens is 400 g/mol. The first-order chi connectivity index (χ1) is 15.5. The molecule has 3 aromatic carbocycles. The first-order valence-electron chi connectivity index (χ1n) is 10.8. The Hall–Kier alpha value is -3.44. The molecule has 32 heavy (non-hydrogen) atoms. The van der Waals surface area contributed by atoms with E-state index in [0.717, 1.165) is 46.4 Å². The third-order valence-electron chi connectivity index (χ3n) is 5.53. The van der Waals surface area contributed by atoms with Crippen LogP contribution in [0.5, 0.6) is 5.75 Å². The van der Waals surface area contributed by atoms with Crippen molar-refractivity contribution in [1.29, 1.82) is 0 Å². The van der Waals surface area contributed by atoms with Crippen LogP contribution in [-0.2, 0) is 17.8 Å². The van der Waals surface area contributed by atoms with Gasteiger partial charge < -0.3 is 15.4 Å². The monoisotopic (exact) mass is 430 g/mol. The van der Waals surface area contributed by atoms with Crippen molar-refractivity contribution < 1.29 is 14.3 Å². The van der Waals surface area contributed by atoms with Gasteiger partial charge in [-0.1, -0.05) is 60.7 Å². The highest BCUT2D eigenvalue weighted by atomic mass is 16.5. The first-order valence-corrected chi connectivity index (χ1v) is 10.8. The second-order valence-corrected chi connectivity index (χ2v) is 7.82. The Morgan fingerprint density at radius 2 is 1.69 bits per heavy atom. The molecule has 0 unspecified atom stereocenters. The van der Waals surface area contributed by atoms with E-state index in [9.17, 15) is 9.59 Å². The van der Waals surface area contributed by atoms with Crippen molar-refractivity contribution in [2.75, 3.05) is 20.7 Å². The number of likely N-dealkylation sites (N-methyl/N-ethyl adjacent to an activating group) is 1. The smallest absolute Gasteiger partial charge is 0.236 e. The Labute approximate surface area is 189 Å². The van der Waals surface area contributed by atoms with Crippen molar-refractivity contribution in [2.24, 2.45) is 5.73 Å². The summed E-state index contributed by atoms with van der Waals surface area (Å²) in [4.78, 5) is 26.0. The van der Waals surface area contributed by atoms with Crippen LogP contribution in [0.25, 0.3) is 11.1 Å². The van der Waals surface area contributed by atoms with Crippen molar-refractivity contribution in [2.45, 2.75) is 25.8 Å². The van der Waals surface area contributed by atoms with Crippen molar-refractivity contribution >= 4 is 11.7 Å². The molecule has 0 aliphatic carbocycles. The Kier molecular flexibility index (Phi) is 8.17. The van der Waals surface area contributed by atoms with Crippen molar-refractivity contribution in [1.82, 2.24) is 4.90 Å². The molecule has 0 aliphatic rings. The number of carbonyl (C=O) groups excluding carboxylic acids is 2. The van der Waals surface area contributed by atoms with E-state index >= 15 is 0 Å². The molecule has 0 aromatic heterocycles. The molecular formula is C27H30N2O3. The summed E-state index contributed by atoms with van der Waals surface area (Å²) in [7, 11) is 3.41. The van der Waals surface area contributed by atoms with Gasteiger partial charge in [0.2, 0.25) is 5.91 Å². The van der Waals surface area contributed by atoms with Crippen LogP contribution in [0.1, 0.15) is 34.3 Å². The number of ketones is 1. The molecule has 166 valence electrons. The fraction of sp³-hybridized carbons (Fsp3) is 0.259. The Balaban J connectivity index is 1.60. The Morgan fingerprint density at radius 3 is 2.41 bits per heavy atom. The van der Waals surface area contributed by atoms with Gasteiger partial charge in [0, 0.05) is 25.6 Å². The number of carbonyl (C=O) groups is 2. The number of ether oxygens (including phenoxy) is 1. The lowest BCUT2D eigenvalue weighted by atomic mass is 9.98. The quantitative estimate of drug-likeness (QED) is 0.481. The molecule has 0 spiro atoms. The number of para-hydroxylation sites is 1. The minimum absolute atomic E-state index is 0.00454. The van der Waals surface area contributed by atoms with Gasteiger partial charge in [-0.05, 0) is 47.2 Å². The molecule has 0 saturated heterocycles. The zero-order valence-electron chi connectivity index (χ0n) is 18.7. The molecule has 0 bridgehead atoms. The average Bonchev–Trinajstić information content (AvgIpc) is 2.84. The van der Waals surface area contributed by atoms with Crippen LogP contribution in [0.15, 0.2) is 72.8 Å². The molecule has 2 N–H and O–H groups in total. The Morgan fingerprint density at radius 1 is 0.938 bits per heavy atom. The van der Waals surface area contributed by atoms with E-state index in [2.05, 4.69) is 6.07 Å². The summed E-state index contributed by atoms with van der Waals surface area (Å²) in [5.74, 6) is 0.913. The van der Waals surface area contributed by atoms with E-state index < -0.39 is 0 Å². The molecule has 3 rings (SSSR count). The second-order valence-electron chi connectivity index (χ2n) is 7.82. The number of rotatable bonds is 10. The molecule has 0 saturated carbocycles. The van der Waals surface area contributed by atoms with Gasteiger partial charge in [0.15, 0.2) is 5.78 Å². The SMILES string of the molecule is COc1ccccc1CCCC(=O)c1ccc(-c2cccc(CN(C)C(=O)CN)c2)cc1. The third-order valence-corrected chi connectivity index (χ3v) is 5.53. The number of benzene rings is 3. The van der Waals surface area contributed by atoms with E-state index in [4.69, 9.17) is 10.5 Å². The predicted molar refractivity (Wildman–Crippen MR) is 128 cm³/mol. The molecule has 0 atom stereocenters. The fourth-order valence-corrected chi connectivity index (χ4v) is 3.71. The van der Waals surface area contributed by atoms with Gasteiger partial charge in [0.1, 0.15) is 5.75 Å². The van der Waals surface area contributed by atoms with Gasteiger partial charge in [0.25, 0.3) is 0 Å². The topological polar surface area (TPSA) is 72.6 Å². The summed E-state index contributed by atoms with van der Waals surface area (Å²) in [5, 5.41) is 0. The number of hydrogen-bond donors (Lipinski definition) is 1. The highest BCUT2D eigenvalue weighted by Crippen LogP contribution is 2.23. The first kappa shape index (κ1) is 23.2. The largest absolute Gasteiger partial charge is 0.496 e. The highest BCUT2D eigenvalue weighted by Gasteiger charge is 2.10. The van der Waals surface area contributed by atoms with Crippen LogP contribution >= 0.6 is 0 Å². The van der Waals surface area contributed by atoms with Crippen LogP contribution < -0.4 is 10.5 Å². The van der Waals surface area contributed by atoms with Crippen LogP contribution in [0.4, 0.5) is 0 Å². The molecule has 5 nitrogen and oxygen atoms in total. The summed E-state index contributed by atoms with van der Waals surface area (Å²) >= 11 is 0. The fourth-order valence-electron chi connectivity index (χ4n) is 3.71. The summed E-state index contributed by atoms with van der Waals surface area (Å²) < 4.78 is 5.38. The van der Waals surface area contributed by atoms with E-state index in [1.807, 2.05) is 66.7 Å². The number of nitrogens with zero attached hydrogens (tertiary/aromatic N) is 1. The van der Waals surface area contributed by atoms with Crippen molar-refractivity contribution in [3.8, 4) is 16.9 Å². The molecule has 0 aliphatic heterocycles. The number of methoxy groups -OCH3 is 1. The van der Waals surface area contributed by atoms with Gasteiger partial charge in [0.05, 0.1) is 13.7 Å². The van der Waals surface area contributed by atoms with Crippen LogP contribution in [0.2, 0.25) is 0 Å². The van der Waals surface area contributed by atoms with Crippen molar-refractivity contribution in [3.63, 3.8) is 0 Å². The molecule has 0 fully saturated rings. The summed E-state index contributed by atoms with van der Waals surface area (Å²) in [6.45, 7) is 0.511. The van der Waals surface area contributed by atoms with Crippen molar-refractivity contribution in [3.05, 3.63) is 89.5 Å². The highest BCUT2D eigenvalue weighted by molar-refractivity contribution is 5.96. The maximum Gasteiger partial charge on any atom is 0.236 e. The molecule has 1 amide bonds. The number of amides is 1. The maximum absolute atomic E-state index is 12.6. The zero-order chi connectivity index (χ0) is 22.9. The van der Waals surface area contributed by atoms with Gasteiger partial charge in [-0.15, -0.1) is 0 Å². The summed E-state index contributed by atoms with van der Waals surface area (Å²) in [6, 6.07) is 23.7. The molecule has 3 aromatic rings. The maximum atomic E-state index is 12.6. The second kappa shape index (κ2) is 11.3. The summed E-state index contributed by atoms with van der Waals surface area (Å²) in [5.41, 5.74) is 10.4. The summed E-state index contributed by atoms with van der Waals surface area (Å²) in [6.07, 6.45) is 2.08. The normalized spacial score (nSPS) is 10.6. The standard InChI is InChI=1S/C27H30N2O3/c1-29(27(31)18-28)19-20-7-5-10-24(17-20)21-13-15-22(16-14-21)25(30)11-6-9-23-8-3-4-12-26(23)32-2/h3-5,7-8,10,12-17H,6,9,11,18-19,28H2,1-2H3. The minimum Gasteiger partial charge on any atom is -0.496 e. The number of nitrogens with two attached hydrogens (primary N) is 1. The van der Waals surface area contributed by atoms with Crippen LogP contribution in [0.3, 0.4) is 0 Å². The lowest BCUT2D eigenvalue weighted by molar-refractivity contribution is -0.128. The van der Waals surface area contributed by atoms with Gasteiger partial charge in [-0.3, -0.25) is 9.59 Å².